The third kappa shape index (κ3) is 2.46. The Morgan fingerprint density at radius 2 is 2.18 bits per heavy atom. The molecule has 10 heteroatoms. The number of sulfonamides is 1. The lowest BCUT2D eigenvalue weighted by Crippen LogP contribution is -2.40. The summed E-state index contributed by atoms with van der Waals surface area (Å²) >= 11 is 0. The minimum absolute atomic E-state index is 0.0219. The molecule has 1 saturated heterocycles. The topological polar surface area (TPSA) is 118 Å². The molecule has 1 aliphatic heterocycles. The molecule has 0 aliphatic carbocycles. The van der Waals surface area contributed by atoms with Gasteiger partial charge in [-0.2, -0.15) is 4.31 Å². The summed E-state index contributed by atoms with van der Waals surface area (Å²) in [4.78, 5) is 11.2. The highest BCUT2D eigenvalue weighted by Gasteiger charge is 2.39. The molecule has 0 radical (unpaired) electrons. The summed E-state index contributed by atoms with van der Waals surface area (Å²) in [5.74, 6) is -1.13. The summed E-state index contributed by atoms with van der Waals surface area (Å²) in [5.41, 5.74) is 0.483. The molecule has 1 aromatic heterocycles. The molecule has 9 nitrogen and oxygen atoms in total. The maximum absolute atomic E-state index is 12.7. The summed E-state index contributed by atoms with van der Waals surface area (Å²) in [7, 11) is -3.88. The Labute approximate surface area is 126 Å². The zero-order chi connectivity index (χ0) is 15.7. The predicted octanol–water partition coefficient (Wildman–Crippen LogP) is -0.100. The van der Waals surface area contributed by atoms with Crippen molar-refractivity contribution in [1.29, 1.82) is 0 Å². The summed E-state index contributed by atoms with van der Waals surface area (Å²) in [5, 5.41) is 19.9. The van der Waals surface area contributed by atoms with Crippen LogP contribution in [0, 0.1) is 0 Å². The van der Waals surface area contributed by atoms with E-state index in [1.807, 2.05) is 0 Å². The SMILES string of the molecule is O=C(O)C1CCCN1S(=O)(=O)c1cccc(-n2cnnn2)c1. The van der Waals surface area contributed by atoms with Gasteiger partial charge in [-0.15, -0.1) is 5.10 Å². The fourth-order valence-corrected chi connectivity index (χ4v) is 4.17. The highest BCUT2D eigenvalue weighted by Crippen LogP contribution is 2.27. The molecule has 0 bridgehead atoms. The van der Waals surface area contributed by atoms with Crippen molar-refractivity contribution in [2.24, 2.45) is 0 Å². The maximum atomic E-state index is 12.7. The van der Waals surface area contributed by atoms with Crippen molar-refractivity contribution in [1.82, 2.24) is 24.5 Å². The van der Waals surface area contributed by atoms with E-state index in [0.29, 0.717) is 18.5 Å². The van der Waals surface area contributed by atoms with Crippen molar-refractivity contribution in [3.05, 3.63) is 30.6 Å². The van der Waals surface area contributed by atoms with E-state index in [4.69, 9.17) is 5.11 Å². The largest absolute Gasteiger partial charge is 0.480 e. The molecule has 0 spiro atoms. The lowest BCUT2D eigenvalue weighted by molar-refractivity contribution is -0.140. The van der Waals surface area contributed by atoms with E-state index < -0.39 is 22.0 Å². The number of tetrazole rings is 1. The molecule has 22 heavy (non-hydrogen) atoms. The standard InChI is InChI=1S/C12H13N5O4S/c18-12(19)11-5-2-6-17(11)22(20,21)10-4-1-3-9(7-10)16-8-13-14-15-16/h1,3-4,7-8,11H,2,5-6H2,(H,18,19). The second kappa shape index (κ2) is 5.46. The lowest BCUT2D eigenvalue weighted by Gasteiger charge is -2.21. The summed E-state index contributed by atoms with van der Waals surface area (Å²) in [6, 6.07) is 5.06. The van der Waals surface area contributed by atoms with Gasteiger partial charge in [-0.1, -0.05) is 6.07 Å². The van der Waals surface area contributed by atoms with Crippen molar-refractivity contribution < 1.29 is 18.3 Å². The number of carboxylic acid groups (broad SMARTS) is 1. The highest BCUT2D eigenvalue weighted by molar-refractivity contribution is 7.89. The molecule has 2 heterocycles. The second-order valence-corrected chi connectivity index (χ2v) is 6.75. The van der Waals surface area contributed by atoms with Gasteiger partial charge in [0.15, 0.2) is 0 Å². The monoisotopic (exact) mass is 323 g/mol. The van der Waals surface area contributed by atoms with Crippen LogP contribution in [0.2, 0.25) is 0 Å². The van der Waals surface area contributed by atoms with Crippen LogP contribution < -0.4 is 0 Å². The first-order valence-corrected chi connectivity index (χ1v) is 8.02. The molecule has 1 unspecified atom stereocenters. The molecule has 1 atom stereocenters. The number of carbonyl (C=O) groups is 1. The van der Waals surface area contributed by atoms with Gasteiger partial charge in [0.25, 0.3) is 0 Å². The van der Waals surface area contributed by atoms with E-state index in [0.717, 1.165) is 4.31 Å². The fraction of sp³-hybridized carbons (Fsp3) is 0.333. The molecule has 2 aromatic rings. The van der Waals surface area contributed by atoms with Crippen LogP contribution in [-0.4, -0.2) is 56.6 Å². The minimum Gasteiger partial charge on any atom is -0.480 e. The van der Waals surface area contributed by atoms with Gasteiger partial charge in [-0.3, -0.25) is 4.79 Å². The molecule has 1 aromatic carbocycles. The smallest absolute Gasteiger partial charge is 0.322 e. The second-order valence-electron chi connectivity index (χ2n) is 4.86. The van der Waals surface area contributed by atoms with Gasteiger partial charge in [-0.05, 0) is 41.5 Å². The number of aliphatic carboxylic acids is 1. The highest BCUT2D eigenvalue weighted by atomic mass is 32.2. The van der Waals surface area contributed by atoms with Crippen LogP contribution in [0.15, 0.2) is 35.5 Å². The number of nitrogens with zero attached hydrogens (tertiary/aromatic N) is 5. The zero-order valence-corrected chi connectivity index (χ0v) is 12.2. The molecule has 0 saturated carbocycles. The van der Waals surface area contributed by atoms with Crippen LogP contribution in [0.4, 0.5) is 0 Å². The number of carboxylic acids is 1. The van der Waals surface area contributed by atoms with Crippen LogP contribution >= 0.6 is 0 Å². The molecule has 116 valence electrons. The predicted molar refractivity (Wildman–Crippen MR) is 73.7 cm³/mol. The molecule has 0 amide bonds. The number of aromatic nitrogens is 4. The van der Waals surface area contributed by atoms with E-state index in [1.54, 1.807) is 12.1 Å². The number of rotatable bonds is 4. The van der Waals surface area contributed by atoms with Crippen molar-refractivity contribution in [2.45, 2.75) is 23.8 Å². The number of hydrogen-bond acceptors (Lipinski definition) is 6. The van der Waals surface area contributed by atoms with E-state index in [1.165, 1.54) is 23.1 Å². The first-order valence-electron chi connectivity index (χ1n) is 6.58. The van der Waals surface area contributed by atoms with Crippen molar-refractivity contribution in [3.8, 4) is 5.69 Å². The Morgan fingerprint density at radius 1 is 1.36 bits per heavy atom. The zero-order valence-electron chi connectivity index (χ0n) is 11.4. The van der Waals surface area contributed by atoms with Crippen LogP contribution in [0.5, 0.6) is 0 Å². The Balaban J connectivity index is 1.99. The Bertz CT molecular complexity index is 790. The van der Waals surface area contributed by atoms with Crippen molar-refractivity contribution in [2.75, 3.05) is 6.54 Å². The normalized spacial score (nSPS) is 19.4. The van der Waals surface area contributed by atoms with Crippen LogP contribution in [0.25, 0.3) is 5.69 Å². The van der Waals surface area contributed by atoms with Gasteiger partial charge < -0.3 is 5.11 Å². The first-order chi connectivity index (χ1) is 10.5. The van der Waals surface area contributed by atoms with Gasteiger partial charge in [0, 0.05) is 6.54 Å². The molecule has 3 rings (SSSR count). The fourth-order valence-electron chi connectivity index (χ4n) is 2.48. The Morgan fingerprint density at radius 3 is 2.86 bits per heavy atom. The van der Waals surface area contributed by atoms with Gasteiger partial charge >= 0.3 is 5.97 Å². The van der Waals surface area contributed by atoms with E-state index >= 15 is 0 Å². The van der Waals surface area contributed by atoms with Gasteiger partial charge in [-0.25, -0.2) is 13.1 Å². The van der Waals surface area contributed by atoms with Crippen molar-refractivity contribution >= 4 is 16.0 Å². The lowest BCUT2D eigenvalue weighted by atomic mass is 10.2. The third-order valence-corrected chi connectivity index (χ3v) is 5.43. The van der Waals surface area contributed by atoms with Crippen LogP contribution in [0.3, 0.4) is 0 Å². The van der Waals surface area contributed by atoms with E-state index in [2.05, 4.69) is 15.5 Å². The average molecular weight is 323 g/mol. The van der Waals surface area contributed by atoms with Crippen LogP contribution in [0.1, 0.15) is 12.8 Å². The minimum atomic E-state index is -3.88. The molecule has 1 aliphatic rings. The van der Waals surface area contributed by atoms with Crippen molar-refractivity contribution in [3.63, 3.8) is 0 Å². The molecular weight excluding hydrogens is 310 g/mol. The maximum Gasteiger partial charge on any atom is 0.322 e. The average Bonchev–Trinajstić information content (AvgIpc) is 3.19. The summed E-state index contributed by atoms with van der Waals surface area (Å²) in [6.07, 6.45) is 2.20. The quantitative estimate of drug-likeness (QED) is 0.834. The summed E-state index contributed by atoms with van der Waals surface area (Å²) < 4.78 is 27.7. The van der Waals surface area contributed by atoms with E-state index in [9.17, 15) is 13.2 Å². The van der Waals surface area contributed by atoms with Gasteiger partial charge in [0.2, 0.25) is 10.0 Å². The van der Waals surface area contributed by atoms with Gasteiger partial charge in [0.1, 0.15) is 12.4 Å². The molecular formula is C12H13N5O4S. The van der Waals surface area contributed by atoms with Gasteiger partial charge in [0.05, 0.1) is 10.6 Å². The Kier molecular flexibility index (Phi) is 3.62. The number of benzene rings is 1. The summed E-state index contributed by atoms with van der Waals surface area (Å²) in [6.45, 7) is 0.203. The van der Waals surface area contributed by atoms with Crippen LogP contribution in [-0.2, 0) is 14.8 Å². The molecule has 1 fully saturated rings. The number of hydrogen-bond donors (Lipinski definition) is 1. The van der Waals surface area contributed by atoms with E-state index in [-0.39, 0.29) is 11.4 Å². The Hall–Kier alpha value is -2.33. The third-order valence-electron chi connectivity index (χ3n) is 3.53. The molecule has 1 N–H and O–H groups in total. The first kappa shape index (κ1) is 14.6.